The number of benzene rings is 1. The molecule has 0 unspecified atom stereocenters. The molecule has 1 aromatic carbocycles. The minimum Gasteiger partial charge on any atom is -0.392 e. The molecule has 0 aliphatic rings. The Bertz CT molecular complexity index is 324. The van der Waals surface area contributed by atoms with Gasteiger partial charge in [-0.3, -0.25) is 0 Å². The molecule has 0 bridgehead atoms. The zero-order valence-electron chi connectivity index (χ0n) is 6.04. The summed E-state index contributed by atoms with van der Waals surface area (Å²) in [4.78, 5) is 0. The maximum Gasteiger partial charge on any atom is 0.199 e. The Labute approximate surface area is 75.6 Å². The third kappa shape index (κ3) is 1.49. The Balaban J connectivity index is 3.56. The topological polar surface area (TPSA) is 20.2 Å². The summed E-state index contributed by atoms with van der Waals surface area (Å²) in [5.74, 6) is -7.35. The van der Waals surface area contributed by atoms with Gasteiger partial charge in [0.25, 0.3) is 0 Å². The number of aliphatic hydroxyl groups excluding tert-OH is 1. The number of rotatable bonds is 1. The summed E-state index contributed by atoms with van der Waals surface area (Å²) in [5, 5.41) is 7.51. The quantitative estimate of drug-likeness (QED) is 0.432. The highest BCUT2D eigenvalue weighted by Gasteiger charge is 2.23. The lowest BCUT2D eigenvalue weighted by Crippen LogP contribution is -2.03. The Morgan fingerprint density at radius 1 is 0.923 bits per heavy atom. The highest BCUT2D eigenvalue weighted by atomic mass is 35.5. The van der Waals surface area contributed by atoms with Gasteiger partial charge in [-0.15, -0.1) is 0 Å². The van der Waals surface area contributed by atoms with Crippen LogP contribution < -0.4 is 0 Å². The van der Waals surface area contributed by atoms with Gasteiger partial charge >= 0.3 is 0 Å². The molecule has 0 heterocycles. The molecule has 0 saturated carbocycles. The average molecular weight is 215 g/mol. The number of aliphatic hydroxyl groups is 1. The van der Waals surface area contributed by atoms with E-state index in [1.807, 2.05) is 0 Å². The maximum absolute atomic E-state index is 12.7. The largest absolute Gasteiger partial charge is 0.392 e. The van der Waals surface area contributed by atoms with Gasteiger partial charge in [-0.2, -0.15) is 0 Å². The second-order valence-corrected chi connectivity index (χ2v) is 2.58. The summed E-state index contributed by atoms with van der Waals surface area (Å²) in [6.07, 6.45) is 0. The molecule has 1 rings (SSSR count). The first-order valence-electron chi connectivity index (χ1n) is 3.11. The van der Waals surface area contributed by atoms with Gasteiger partial charge in [0.15, 0.2) is 23.3 Å². The summed E-state index contributed by atoms with van der Waals surface area (Å²) >= 11 is 5.09. The number of hydrogen-bond acceptors (Lipinski definition) is 1. The number of hydrogen-bond donors (Lipinski definition) is 1. The first kappa shape index (κ1) is 10.3. The minimum absolute atomic E-state index is 0.793. The molecule has 0 atom stereocenters. The molecule has 1 N–H and O–H groups in total. The normalized spacial score (nSPS) is 10.6. The second kappa shape index (κ2) is 3.51. The van der Waals surface area contributed by atoms with Crippen LogP contribution in [0, 0.1) is 23.3 Å². The fourth-order valence-electron chi connectivity index (χ4n) is 0.789. The fourth-order valence-corrected chi connectivity index (χ4v) is 1.01. The van der Waals surface area contributed by atoms with Gasteiger partial charge in [0.2, 0.25) is 0 Å². The lowest BCUT2D eigenvalue weighted by atomic mass is 10.2. The zero-order chi connectivity index (χ0) is 10.2. The van der Waals surface area contributed by atoms with Crippen LogP contribution in [0.3, 0.4) is 0 Å². The van der Waals surface area contributed by atoms with Crippen LogP contribution in [0.4, 0.5) is 17.6 Å². The van der Waals surface area contributed by atoms with E-state index in [2.05, 4.69) is 0 Å². The van der Waals surface area contributed by atoms with E-state index in [0.29, 0.717) is 0 Å². The standard InChI is InChI=1S/C7H3ClF4O/c8-3-2(1-13)4(9)6(11)7(12)5(3)10/h13H,1H2. The van der Waals surface area contributed by atoms with Crippen molar-refractivity contribution in [2.45, 2.75) is 6.61 Å². The van der Waals surface area contributed by atoms with E-state index in [9.17, 15) is 17.6 Å². The van der Waals surface area contributed by atoms with Crippen LogP contribution in [0.25, 0.3) is 0 Å². The summed E-state index contributed by atoms with van der Waals surface area (Å²) in [6, 6.07) is 0. The monoisotopic (exact) mass is 214 g/mol. The van der Waals surface area contributed by atoms with E-state index >= 15 is 0 Å². The van der Waals surface area contributed by atoms with Crippen molar-refractivity contribution in [2.24, 2.45) is 0 Å². The van der Waals surface area contributed by atoms with Gasteiger partial charge in [-0.25, -0.2) is 17.6 Å². The van der Waals surface area contributed by atoms with Crippen molar-refractivity contribution >= 4 is 11.6 Å². The van der Waals surface area contributed by atoms with Gasteiger partial charge in [0.1, 0.15) is 0 Å². The SMILES string of the molecule is OCc1c(F)c(F)c(F)c(F)c1Cl. The molecule has 6 heteroatoms. The van der Waals surface area contributed by atoms with Crippen LogP contribution in [-0.4, -0.2) is 5.11 Å². The van der Waals surface area contributed by atoms with Crippen molar-refractivity contribution in [3.63, 3.8) is 0 Å². The molecule has 72 valence electrons. The van der Waals surface area contributed by atoms with Crippen LogP contribution in [0.15, 0.2) is 0 Å². The van der Waals surface area contributed by atoms with Crippen molar-refractivity contribution in [1.29, 1.82) is 0 Å². The highest BCUT2D eigenvalue weighted by molar-refractivity contribution is 6.31. The number of halogens is 5. The van der Waals surface area contributed by atoms with Crippen LogP contribution in [0.1, 0.15) is 5.56 Å². The molecule has 0 amide bonds. The molecule has 0 spiro atoms. The smallest absolute Gasteiger partial charge is 0.199 e. The van der Waals surface area contributed by atoms with Crippen LogP contribution >= 0.6 is 11.6 Å². The van der Waals surface area contributed by atoms with E-state index in [1.165, 1.54) is 0 Å². The minimum atomic E-state index is -1.99. The molecule has 0 aliphatic carbocycles. The van der Waals surface area contributed by atoms with E-state index < -0.39 is 40.5 Å². The van der Waals surface area contributed by atoms with Gasteiger partial charge in [0, 0.05) is 5.56 Å². The summed E-state index contributed by atoms with van der Waals surface area (Å²) in [7, 11) is 0. The molecule has 0 saturated heterocycles. The molecule has 0 aromatic heterocycles. The van der Waals surface area contributed by atoms with Crippen LogP contribution in [0.2, 0.25) is 5.02 Å². The molecular weight excluding hydrogens is 212 g/mol. The van der Waals surface area contributed by atoms with Gasteiger partial charge in [-0.05, 0) is 0 Å². The van der Waals surface area contributed by atoms with Crippen LogP contribution in [-0.2, 0) is 6.61 Å². The van der Waals surface area contributed by atoms with Gasteiger partial charge in [-0.1, -0.05) is 11.6 Å². The Hall–Kier alpha value is -0.810. The molecule has 0 aliphatic heterocycles. The molecule has 13 heavy (non-hydrogen) atoms. The third-order valence-corrected chi connectivity index (χ3v) is 1.85. The molecule has 1 aromatic rings. The predicted molar refractivity (Wildman–Crippen MR) is 37.2 cm³/mol. The van der Waals surface area contributed by atoms with Crippen LogP contribution in [0.5, 0.6) is 0 Å². The highest BCUT2D eigenvalue weighted by Crippen LogP contribution is 2.27. The average Bonchev–Trinajstić information content (AvgIpc) is 2.13. The third-order valence-electron chi connectivity index (χ3n) is 1.46. The lowest BCUT2D eigenvalue weighted by molar-refractivity contribution is 0.270. The zero-order valence-corrected chi connectivity index (χ0v) is 6.80. The Morgan fingerprint density at radius 3 is 1.85 bits per heavy atom. The van der Waals surface area contributed by atoms with Crippen molar-refractivity contribution < 1.29 is 22.7 Å². The van der Waals surface area contributed by atoms with Crippen molar-refractivity contribution in [2.75, 3.05) is 0 Å². The van der Waals surface area contributed by atoms with Crippen molar-refractivity contribution in [1.82, 2.24) is 0 Å². The summed E-state index contributed by atoms with van der Waals surface area (Å²) in [6.45, 7) is -1.00. The molecule has 0 fully saturated rings. The molecule has 1 nitrogen and oxygen atoms in total. The van der Waals surface area contributed by atoms with Gasteiger partial charge < -0.3 is 5.11 Å². The molecular formula is C7H3ClF4O. The van der Waals surface area contributed by atoms with E-state index in [-0.39, 0.29) is 0 Å². The molecule has 0 radical (unpaired) electrons. The fraction of sp³-hybridized carbons (Fsp3) is 0.143. The lowest BCUT2D eigenvalue weighted by Gasteiger charge is -2.05. The van der Waals surface area contributed by atoms with Crippen molar-refractivity contribution in [3.8, 4) is 0 Å². The Morgan fingerprint density at radius 2 is 1.38 bits per heavy atom. The Kier molecular flexibility index (Phi) is 2.77. The van der Waals surface area contributed by atoms with E-state index in [0.717, 1.165) is 0 Å². The summed E-state index contributed by atoms with van der Waals surface area (Å²) in [5.41, 5.74) is -0.793. The predicted octanol–water partition coefficient (Wildman–Crippen LogP) is 2.39. The maximum atomic E-state index is 12.7. The van der Waals surface area contributed by atoms with E-state index in [4.69, 9.17) is 16.7 Å². The van der Waals surface area contributed by atoms with Crippen molar-refractivity contribution in [3.05, 3.63) is 33.9 Å². The first-order valence-corrected chi connectivity index (χ1v) is 3.49. The first-order chi connectivity index (χ1) is 6.00. The second-order valence-electron chi connectivity index (χ2n) is 2.21. The van der Waals surface area contributed by atoms with Gasteiger partial charge in [0.05, 0.1) is 11.6 Å². The summed E-state index contributed by atoms with van der Waals surface area (Å²) < 4.78 is 50.1. The van der Waals surface area contributed by atoms with E-state index in [1.54, 1.807) is 0 Å².